The molecule has 0 spiro atoms. The lowest BCUT2D eigenvalue weighted by molar-refractivity contribution is -0.138. The number of hydrogen-bond acceptors (Lipinski definition) is 2. The Bertz CT molecular complexity index is 483. The second kappa shape index (κ2) is 4.79. The third-order valence-electron chi connectivity index (χ3n) is 1.88. The lowest BCUT2D eigenvalue weighted by Gasteiger charge is -2.11. The standard InChI is InChI=1S/C10H7BrF3NO2/c11-7-3-5(1-2-9(16)17)8(15)4-6(7)10(12,13)14/h1-4H,15H2,(H,16,17)/b2-1+. The van der Waals surface area contributed by atoms with Gasteiger partial charge >= 0.3 is 12.1 Å². The first kappa shape index (κ1) is 13.6. The number of halogens is 4. The molecule has 17 heavy (non-hydrogen) atoms. The monoisotopic (exact) mass is 309 g/mol. The van der Waals surface area contributed by atoms with Gasteiger partial charge in [-0.05, 0) is 23.8 Å². The summed E-state index contributed by atoms with van der Waals surface area (Å²) in [6, 6.07) is 1.88. The number of anilines is 1. The minimum Gasteiger partial charge on any atom is -0.478 e. The number of carboxylic acid groups (broad SMARTS) is 1. The highest BCUT2D eigenvalue weighted by molar-refractivity contribution is 9.10. The SMILES string of the molecule is Nc1cc(C(F)(F)F)c(Br)cc1/C=C/C(=O)O. The fraction of sp³-hybridized carbons (Fsp3) is 0.100. The second-order valence-electron chi connectivity index (χ2n) is 3.13. The summed E-state index contributed by atoms with van der Waals surface area (Å²) in [7, 11) is 0. The molecule has 1 rings (SSSR count). The second-order valence-corrected chi connectivity index (χ2v) is 3.98. The Morgan fingerprint density at radius 1 is 1.41 bits per heavy atom. The zero-order chi connectivity index (χ0) is 13.2. The number of rotatable bonds is 2. The molecule has 3 nitrogen and oxygen atoms in total. The van der Waals surface area contributed by atoms with Gasteiger partial charge in [-0.15, -0.1) is 0 Å². The van der Waals surface area contributed by atoms with Gasteiger partial charge in [0.1, 0.15) is 0 Å². The van der Waals surface area contributed by atoms with Crippen LogP contribution in [0.5, 0.6) is 0 Å². The number of aliphatic carboxylic acids is 1. The van der Waals surface area contributed by atoms with Crippen molar-refractivity contribution in [3.05, 3.63) is 33.8 Å². The van der Waals surface area contributed by atoms with E-state index >= 15 is 0 Å². The van der Waals surface area contributed by atoms with E-state index in [9.17, 15) is 18.0 Å². The molecular weight excluding hydrogens is 303 g/mol. The third-order valence-corrected chi connectivity index (χ3v) is 2.54. The minimum atomic E-state index is -4.51. The van der Waals surface area contributed by atoms with Crippen LogP contribution in [0, 0.1) is 0 Å². The van der Waals surface area contributed by atoms with Crippen molar-refractivity contribution in [3.63, 3.8) is 0 Å². The molecule has 0 aliphatic carbocycles. The molecule has 0 bridgehead atoms. The zero-order valence-electron chi connectivity index (χ0n) is 8.25. The van der Waals surface area contributed by atoms with E-state index in [0.29, 0.717) is 0 Å². The van der Waals surface area contributed by atoms with Crippen molar-refractivity contribution < 1.29 is 23.1 Å². The summed E-state index contributed by atoms with van der Waals surface area (Å²) >= 11 is 2.77. The molecule has 0 saturated carbocycles. The minimum absolute atomic E-state index is 0.141. The number of carboxylic acids is 1. The summed E-state index contributed by atoms with van der Waals surface area (Å²) in [5.74, 6) is -1.21. The largest absolute Gasteiger partial charge is 0.478 e. The highest BCUT2D eigenvalue weighted by atomic mass is 79.9. The number of carbonyl (C=O) groups is 1. The van der Waals surface area contributed by atoms with Gasteiger partial charge in [-0.3, -0.25) is 0 Å². The van der Waals surface area contributed by atoms with E-state index in [4.69, 9.17) is 10.8 Å². The fourth-order valence-electron chi connectivity index (χ4n) is 1.13. The molecule has 0 atom stereocenters. The maximum atomic E-state index is 12.5. The van der Waals surface area contributed by atoms with Gasteiger partial charge in [0.2, 0.25) is 0 Å². The first-order chi connectivity index (χ1) is 7.71. The Morgan fingerprint density at radius 3 is 2.47 bits per heavy atom. The van der Waals surface area contributed by atoms with E-state index in [1.165, 1.54) is 0 Å². The van der Waals surface area contributed by atoms with Crippen LogP contribution in [0.25, 0.3) is 6.08 Å². The van der Waals surface area contributed by atoms with E-state index in [1.807, 2.05) is 0 Å². The Balaban J connectivity index is 3.23. The van der Waals surface area contributed by atoms with Crippen LogP contribution in [0.4, 0.5) is 18.9 Å². The van der Waals surface area contributed by atoms with Crippen molar-refractivity contribution >= 4 is 33.7 Å². The van der Waals surface area contributed by atoms with Crippen LogP contribution >= 0.6 is 15.9 Å². The summed E-state index contributed by atoms with van der Waals surface area (Å²) in [5, 5.41) is 8.40. The van der Waals surface area contributed by atoms with Crippen molar-refractivity contribution in [1.82, 2.24) is 0 Å². The Hall–Kier alpha value is -1.50. The topological polar surface area (TPSA) is 63.3 Å². The van der Waals surface area contributed by atoms with E-state index in [-0.39, 0.29) is 15.7 Å². The van der Waals surface area contributed by atoms with Crippen LogP contribution in [0.2, 0.25) is 0 Å². The molecule has 7 heteroatoms. The first-order valence-electron chi connectivity index (χ1n) is 4.29. The van der Waals surface area contributed by atoms with Crippen LogP contribution in [-0.4, -0.2) is 11.1 Å². The maximum absolute atomic E-state index is 12.5. The highest BCUT2D eigenvalue weighted by Gasteiger charge is 2.33. The van der Waals surface area contributed by atoms with Crippen LogP contribution < -0.4 is 5.73 Å². The molecule has 0 radical (unpaired) electrons. The Morgan fingerprint density at radius 2 is 2.00 bits per heavy atom. The maximum Gasteiger partial charge on any atom is 0.417 e. The van der Waals surface area contributed by atoms with Gasteiger partial charge in [-0.1, -0.05) is 15.9 Å². The average Bonchev–Trinajstić information content (AvgIpc) is 2.17. The zero-order valence-corrected chi connectivity index (χ0v) is 9.84. The van der Waals surface area contributed by atoms with Crippen LogP contribution in [-0.2, 0) is 11.0 Å². The number of nitrogens with two attached hydrogens (primary N) is 1. The van der Waals surface area contributed by atoms with Gasteiger partial charge in [0, 0.05) is 16.2 Å². The molecule has 0 saturated heterocycles. The van der Waals surface area contributed by atoms with E-state index in [2.05, 4.69) is 15.9 Å². The van der Waals surface area contributed by atoms with Gasteiger partial charge < -0.3 is 10.8 Å². The Labute approximate surface area is 103 Å². The predicted octanol–water partition coefficient (Wildman–Crippen LogP) is 3.15. The van der Waals surface area contributed by atoms with Gasteiger partial charge in [-0.25, -0.2) is 4.79 Å². The van der Waals surface area contributed by atoms with Gasteiger partial charge in [-0.2, -0.15) is 13.2 Å². The normalized spacial score (nSPS) is 12.0. The van der Waals surface area contributed by atoms with Crippen molar-refractivity contribution in [2.24, 2.45) is 0 Å². The molecule has 3 N–H and O–H groups in total. The van der Waals surface area contributed by atoms with E-state index in [0.717, 1.165) is 24.3 Å². The molecular formula is C10H7BrF3NO2. The number of benzene rings is 1. The van der Waals surface area contributed by atoms with Crippen molar-refractivity contribution in [1.29, 1.82) is 0 Å². The number of alkyl halides is 3. The highest BCUT2D eigenvalue weighted by Crippen LogP contribution is 2.37. The molecule has 0 aliphatic heterocycles. The molecule has 0 heterocycles. The molecule has 1 aromatic rings. The van der Waals surface area contributed by atoms with Gasteiger partial charge in [0.25, 0.3) is 0 Å². The predicted molar refractivity (Wildman–Crippen MR) is 60.2 cm³/mol. The van der Waals surface area contributed by atoms with Crippen LogP contribution in [0.3, 0.4) is 0 Å². The summed E-state index contributed by atoms with van der Waals surface area (Å²) in [5.41, 5.74) is 4.57. The van der Waals surface area contributed by atoms with E-state index in [1.54, 1.807) is 0 Å². The summed E-state index contributed by atoms with van der Waals surface area (Å²) in [4.78, 5) is 10.3. The Kier molecular flexibility index (Phi) is 3.82. The molecule has 92 valence electrons. The van der Waals surface area contributed by atoms with Crippen LogP contribution in [0.15, 0.2) is 22.7 Å². The van der Waals surface area contributed by atoms with Gasteiger partial charge in [0.15, 0.2) is 0 Å². The van der Waals surface area contributed by atoms with Crippen molar-refractivity contribution in [2.75, 3.05) is 5.73 Å². The fourth-order valence-corrected chi connectivity index (χ4v) is 1.71. The molecule has 1 aromatic carbocycles. The van der Waals surface area contributed by atoms with E-state index < -0.39 is 17.7 Å². The quantitative estimate of drug-likeness (QED) is 0.651. The lowest BCUT2D eigenvalue weighted by Crippen LogP contribution is -2.07. The van der Waals surface area contributed by atoms with Gasteiger partial charge in [0.05, 0.1) is 5.56 Å². The van der Waals surface area contributed by atoms with Crippen molar-refractivity contribution in [3.8, 4) is 0 Å². The number of nitrogen functional groups attached to an aromatic ring is 1. The number of hydrogen-bond donors (Lipinski definition) is 2. The van der Waals surface area contributed by atoms with Crippen LogP contribution in [0.1, 0.15) is 11.1 Å². The third kappa shape index (κ3) is 3.48. The molecule has 0 fully saturated rings. The summed E-state index contributed by atoms with van der Waals surface area (Å²) in [6.07, 6.45) is -2.59. The first-order valence-corrected chi connectivity index (χ1v) is 5.08. The molecule has 0 amide bonds. The van der Waals surface area contributed by atoms with Crippen molar-refractivity contribution in [2.45, 2.75) is 6.18 Å². The summed E-state index contributed by atoms with van der Waals surface area (Å²) < 4.78 is 37.2. The molecule has 0 unspecified atom stereocenters. The average molecular weight is 310 g/mol. The summed E-state index contributed by atoms with van der Waals surface area (Å²) in [6.45, 7) is 0. The smallest absolute Gasteiger partial charge is 0.417 e. The lowest BCUT2D eigenvalue weighted by atomic mass is 10.1. The molecule has 0 aromatic heterocycles. The molecule has 0 aliphatic rings.